The average molecular weight is 501 g/mol. The maximum atomic E-state index is 13.9. The first kappa shape index (κ1) is 23.3. The van der Waals surface area contributed by atoms with E-state index in [9.17, 15) is 9.18 Å². The van der Waals surface area contributed by atoms with E-state index >= 15 is 0 Å². The largest absolute Gasteiger partial charge is 0.496 e. The standard InChI is InChI=1S/C24H22BrFN2O4/c1-15-8-9-18(21(10-15)30-2)24(29)28-27-13-16-11-19(25)23(22(12-16)31-3)32-14-17-6-4-5-7-20(17)26/h4-13H,14H2,1-3H3,(H,28,29). The molecule has 3 rings (SSSR count). The lowest BCUT2D eigenvalue weighted by Gasteiger charge is -2.14. The van der Waals surface area contributed by atoms with Crippen LogP contribution in [0, 0.1) is 12.7 Å². The third-order valence-electron chi connectivity index (χ3n) is 4.56. The molecule has 0 atom stereocenters. The number of aryl methyl sites for hydroxylation is 1. The molecule has 0 aliphatic carbocycles. The number of hydrogen-bond acceptors (Lipinski definition) is 5. The molecule has 0 saturated heterocycles. The minimum atomic E-state index is -0.394. The summed E-state index contributed by atoms with van der Waals surface area (Å²) in [6, 6.07) is 15.1. The van der Waals surface area contributed by atoms with Crippen molar-refractivity contribution >= 4 is 28.1 Å². The lowest BCUT2D eigenvalue weighted by atomic mass is 10.1. The molecule has 0 aromatic heterocycles. The van der Waals surface area contributed by atoms with Crippen molar-refractivity contribution in [2.45, 2.75) is 13.5 Å². The molecule has 8 heteroatoms. The average Bonchev–Trinajstić information content (AvgIpc) is 2.78. The van der Waals surface area contributed by atoms with Gasteiger partial charge < -0.3 is 14.2 Å². The normalized spacial score (nSPS) is 10.8. The van der Waals surface area contributed by atoms with Gasteiger partial charge in [-0.2, -0.15) is 5.10 Å². The van der Waals surface area contributed by atoms with Crippen LogP contribution in [-0.2, 0) is 6.61 Å². The fourth-order valence-corrected chi connectivity index (χ4v) is 3.51. The predicted octanol–water partition coefficient (Wildman–Crippen LogP) is 5.26. The number of ether oxygens (including phenoxy) is 3. The zero-order chi connectivity index (χ0) is 23.1. The molecular formula is C24H22BrFN2O4. The van der Waals surface area contributed by atoms with E-state index < -0.39 is 5.91 Å². The molecular weight excluding hydrogens is 479 g/mol. The third kappa shape index (κ3) is 5.64. The first-order chi connectivity index (χ1) is 15.4. The number of nitrogens with zero attached hydrogens (tertiary/aromatic N) is 1. The van der Waals surface area contributed by atoms with Gasteiger partial charge in [-0.3, -0.25) is 4.79 Å². The number of rotatable bonds is 8. The van der Waals surface area contributed by atoms with Gasteiger partial charge in [0.25, 0.3) is 5.91 Å². The van der Waals surface area contributed by atoms with E-state index in [0.29, 0.717) is 38.4 Å². The fourth-order valence-electron chi connectivity index (χ4n) is 2.93. The molecule has 1 N–H and O–H groups in total. The highest BCUT2D eigenvalue weighted by molar-refractivity contribution is 9.10. The number of methoxy groups -OCH3 is 2. The second-order valence-electron chi connectivity index (χ2n) is 6.82. The van der Waals surface area contributed by atoms with Crippen LogP contribution >= 0.6 is 15.9 Å². The van der Waals surface area contributed by atoms with Crippen LogP contribution in [0.5, 0.6) is 17.2 Å². The zero-order valence-corrected chi connectivity index (χ0v) is 19.4. The Morgan fingerprint density at radius 1 is 1.09 bits per heavy atom. The molecule has 6 nitrogen and oxygen atoms in total. The van der Waals surface area contributed by atoms with Crippen molar-refractivity contribution in [3.63, 3.8) is 0 Å². The Kier molecular flexibility index (Phi) is 7.83. The second kappa shape index (κ2) is 10.8. The molecule has 0 radical (unpaired) electrons. The topological polar surface area (TPSA) is 69.2 Å². The molecule has 0 fully saturated rings. The van der Waals surface area contributed by atoms with Crippen molar-refractivity contribution < 1.29 is 23.4 Å². The second-order valence-corrected chi connectivity index (χ2v) is 7.67. The van der Waals surface area contributed by atoms with Crippen molar-refractivity contribution in [3.8, 4) is 17.2 Å². The van der Waals surface area contributed by atoms with Crippen molar-refractivity contribution in [3.05, 3.63) is 87.1 Å². The fraction of sp³-hybridized carbons (Fsp3) is 0.167. The van der Waals surface area contributed by atoms with Crippen LogP contribution in [0.3, 0.4) is 0 Å². The van der Waals surface area contributed by atoms with Crippen LogP contribution in [0.1, 0.15) is 27.0 Å². The maximum Gasteiger partial charge on any atom is 0.275 e. The highest BCUT2D eigenvalue weighted by atomic mass is 79.9. The van der Waals surface area contributed by atoms with Crippen LogP contribution in [0.25, 0.3) is 0 Å². The van der Waals surface area contributed by atoms with Crippen molar-refractivity contribution in [1.29, 1.82) is 0 Å². The predicted molar refractivity (Wildman–Crippen MR) is 124 cm³/mol. The Labute approximate surface area is 194 Å². The van der Waals surface area contributed by atoms with Crippen molar-refractivity contribution in [2.24, 2.45) is 5.10 Å². The summed E-state index contributed by atoms with van der Waals surface area (Å²) >= 11 is 3.45. The Morgan fingerprint density at radius 2 is 1.84 bits per heavy atom. The molecule has 0 saturated carbocycles. The smallest absolute Gasteiger partial charge is 0.275 e. The minimum absolute atomic E-state index is 0.0451. The molecule has 0 bridgehead atoms. The molecule has 0 heterocycles. The lowest BCUT2D eigenvalue weighted by Crippen LogP contribution is -2.18. The first-order valence-electron chi connectivity index (χ1n) is 9.64. The molecule has 1 amide bonds. The molecule has 3 aromatic rings. The van der Waals surface area contributed by atoms with Gasteiger partial charge in [-0.1, -0.05) is 24.3 Å². The molecule has 0 aliphatic rings. The van der Waals surface area contributed by atoms with E-state index in [1.807, 2.05) is 13.0 Å². The molecule has 166 valence electrons. The van der Waals surface area contributed by atoms with Gasteiger partial charge in [-0.25, -0.2) is 9.82 Å². The van der Waals surface area contributed by atoms with Crippen molar-refractivity contribution in [2.75, 3.05) is 14.2 Å². The Morgan fingerprint density at radius 3 is 2.56 bits per heavy atom. The van der Waals surface area contributed by atoms with Gasteiger partial charge in [0.05, 0.1) is 30.5 Å². The highest BCUT2D eigenvalue weighted by Gasteiger charge is 2.14. The van der Waals surface area contributed by atoms with Gasteiger partial charge in [-0.05, 0) is 64.3 Å². The van der Waals surface area contributed by atoms with Crippen LogP contribution in [0.2, 0.25) is 0 Å². The summed E-state index contributed by atoms with van der Waals surface area (Å²) in [6.07, 6.45) is 1.48. The Balaban J connectivity index is 1.72. The summed E-state index contributed by atoms with van der Waals surface area (Å²) in [5.41, 5.74) is 4.94. The van der Waals surface area contributed by atoms with E-state index in [2.05, 4.69) is 26.5 Å². The number of hydrazone groups is 1. The molecule has 0 aliphatic heterocycles. The maximum absolute atomic E-state index is 13.9. The van der Waals surface area contributed by atoms with E-state index in [0.717, 1.165) is 5.56 Å². The monoisotopic (exact) mass is 500 g/mol. The van der Waals surface area contributed by atoms with Gasteiger partial charge in [0.1, 0.15) is 18.2 Å². The van der Waals surface area contributed by atoms with Gasteiger partial charge in [0.2, 0.25) is 0 Å². The summed E-state index contributed by atoms with van der Waals surface area (Å²) in [5.74, 6) is 0.602. The van der Waals surface area contributed by atoms with E-state index in [1.165, 1.54) is 26.5 Å². The number of amides is 1. The lowest BCUT2D eigenvalue weighted by molar-refractivity contribution is 0.0952. The van der Waals surface area contributed by atoms with Crippen LogP contribution in [0.15, 0.2) is 64.2 Å². The third-order valence-corrected chi connectivity index (χ3v) is 5.15. The number of carbonyl (C=O) groups is 1. The van der Waals surface area contributed by atoms with Crippen LogP contribution in [-0.4, -0.2) is 26.3 Å². The molecule has 0 unspecified atom stereocenters. The summed E-state index contributed by atoms with van der Waals surface area (Å²) in [4.78, 5) is 12.4. The molecule has 32 heavy (non-hydrogen) atoms. The van der Waals surface area contributed by atoms with Crippen LogP contribution in [0.4, 0.5) is 4.39 Å². The Hall–Kier alpha value is -3.39. The summed E-state index contributed by atoms with van der Waals surface area (Å²) in [6.45, 7) is 1.96. The number of halogens is 2. The molecule has 0 spiro atoms. The number of nitrogens with one attached hydrogen (secondary N) is 1. The van der Waals surface area contributed by atoms with E-state index in [1.54, 1.807) is 42.5 Å². The summed E-state index contributed by atoms with van der Waals surface area (Å²) in [7, 11) is 3.01. The van der Waals surface area contributed by atoms with E-state index in [-0.39, 0.29) is 12.4 Å². The van der Waals surface area contributed by atoms with Gasteiger partial charge in [0, 0.05) is 5.56 Å². The SMILES string of the molecule is COc1cc(C)ccc1C(=O)NN=Cc1cc(Br)c(OCc2ccccc2F)c(OC)c1. The quantitative estimate of drug-likeness (QED) is 0.338. The Bertz CT molecular complexity index is 1150. The summed E-state index contributed by atoms with van der Waals surface area (Å²) in [5, 5.41) is 4.02. The number of hydrogen-bond donors (Lipinski definition) is 1. The van der Waals surface area contributed by atoms with Crippen molar-refractivity contribution in [1.82, 2.24) is 5.43 Å². The highest BCUT2D eigenvalue weighted by Crippen LogP contribution is 2.37. The minimum Gasteiger partial charge on any atom is -0.496 e. The van der Waals surface area contributed by atoms with E-state index in [4.69, 9.17) is 14.2 Å². The number of carbonyl (C=O) groups excluding carboxylic acids is 1. The first-order valence-corrected chi connectivity index (χ1v) is 10.4. The van der Waals surface area contributed by atoms with Gasteiger partial charge >= 0.3 is 0 Å². The van der Waals surface area contributed by atoms with Gasteiger partial charge in [-0.15, -0.1) is 0 Å². The zero-order valence-electron chi connectivity index (χ0n) is 17.8. The number of benzene rings is 3. The molecule has 3 aromatic carbocycles. The summed E-state index contributed by atoms with van der Waals surface area (Å²) < 4.78 is 30.9. The van der Waals surface area contributed by atoms with Crippen LogP contribution < -0.4 is 19.6 Å². The van der Waals surface area contributed by atoms with Gasteiger partial charge in [0.15, 0.2) is 11.5 Å².